The topological polar surface area (TPSA) is 26.3 Å². The summed E-state index contributed by atoms with van der Waals surface area (Å²) in [5.41, 5.74) is 1.02. The second kappa shape index (κ2) is 6.30. The van der Waals surface area contributed by atoms with E-state index < -0.39 is 0 Å². The van der Waals surface area contributed by atoms with Crippen LogP contribution in [0.1, 0.15) is 18.9 Å². The van der Waals surface area contributed by atoms with Crippen LogP contribution in [0.3, 0.4) is 0 Å². The molecule has 3 heteroatoms. The summed E-state index contributed by atoms with van der Waals surface area (Å²) in [6.07, 6.45) is 0.659. The molecule has 0 bridgehead atoms. The smallest absolute Gasteiger partial charge is 0.167 e. The van der Waals surface area contributed by atoms with E-state index in [2.05, 4.69) is 0 Å². The first-order valence-corrected chi connectivity index (χ1v) is 5.34. The second-order valence-corrected chi connectivity index (χ2v) is 3.64. The lowest BCUT2D eigenvalue weighted by molar-refractivity contribution is -0.117. The Balaban J connectivity index is 2.40. The Morgan fingerprint density at radius 2 is 2.00 bits per heavy atom. The van der Waals surface area contributed by atoms with Crippen LogP contribution in [0.4, 0.5) is 0 Å². The summed E-state index contributed by atoms with van der Waals surface area (Å²) in [4.78, 5) is 11.5. The number of benzene rings is 1. The van der Waals surface area contributed by atoms with E-state index in [9.17, 15) is 4.79 Å². The van der Waals surface area contributed by atoms with Crippen molar-refractivity contribution in [1.29, 1.82) is 0 Å². The van der Waals surface area contributed by atoms with Gasteiger partial charge in [-0.15, -0.1) is 0 Å². The molecule has 0 amide bonds. The minimum Gasteiger partial charge on any atom is -0.487 e. The van der Waals surface area contributed by atoms with E-state index in [1.54, 1.807) is 0 Å². The van der Waals surface area contributed by atoms with Crippen LogP contribution in [-0.4, -0.2) is 17.4 Å². The molecule has 0 radical (unpaired) electrons. The SMILES string of the molecule is CCOC(=S)CC(=O)Cc1ccccc1. The summed E-state index contributed by atoms with van der Waals surface area (Å²) in [6.45, 7) is 2.38. The van der Waals surface area contributed by atoms with Crippen LogP contribution in [0.2, 0.25) is 0 Å². The minimum absolute atomic E-state index is 0.0969. The quantitative estimate of drug-likeness (QED) is 0.716. The number of ketones is 1. The Hall–Kier alpha value is -1.22. The van der Waals surface area contributed by atoms with Gasteiger partial charge in [0.25, 0.3) is 0 Å². The molecule has 0 saturated heterocycles. The monoisotopic (exact) mass is 222 g/mol. The Bertz CT molecular complexity index is 333. The molecule has 0 atom stereocenters. The largest absolute Gasteiger partial charge is 0.487 e. The molecule has 80 valence electrons. The molecule has 0 aliphatic carbocycles. The van der Waals surface area contributed by atoms with Gasteiger partial charge < -0.3 is 4.74 Å². The maximum atomic E-state index is 11.5. The lowest BCUT2D eigenvalue weighted by Gasteiger charge is -2.04. The van der Waals surface area contributed by atoms with E-state index >= 15 is 0 Å². The van der Waals surface area contributed by atoms with Crippen molar-refractivity contribution in [3.63, 3.8) is 0 Å². The number of hydrogen-bond acceptors (Lipinski definition) is 3. The fourth-order valence-corrected chi connectivity index (χ4v) is 1.54. The van der Waals surface area contributed by atoms with Gasteiger partial charge in [0.2, 0.25) is 0 Å². The van der Waals surface area contributed by atoms with Gasteiger partial charge in [-0.05, 0) is 24.7 Å². The van der Waals surface area contributed by atoms with Gasteiger partial charge in [0.05, 0.1) is 13.0 Å². The van der Waals surface area contributed by atoms with Crippen LogP contribution in [-0.2, 0) is 16.0 Å². The first-order chi connectivity index (χ1) is 7.22. The van der Waals surface area contributed by atoms with Crippen LogP contribution in [0.15, 0.2) is 30.3 Å². The van der Waals surface area contributed by atoms with Crippen LogP contribution in [0.25, 0.3) is 0 Å². The average Bonchev–Trinajstić information content (AvgIpc) is 2.19. The van der Waals surface area contributed by atoms with Gasteiger partial charge in [-0.2, -0.15) is 0 Å². The standard InChI is InChI=1S/C12H14O2S/c1-2-14-12(15)9-11(13)8-10-6-4-3-5-7-10/h3-7H,2,8-9H2,1H3. The third kappa shape index (κ3) is 4.70. The minimum atomic E-state index is 0.0969. The van der Waals surface area contributed by atoms with Crippen molar-refractivity contribution < 1.29 is 9.53 Å². The molecule has 1 rings (SSSR count). The van der Waals surface area contributed by atoms with Crippen molar-refractivity contribution in [3.05, 3.63) is 35.9 Å². The van der Waals surface area contributed by atoms with Crippen molar-refractivity contribution in [2.75, 3.05) is 6.61 Å². The summed E-state index contributed by atoms with van der Waals surface area (Å²) in [7, 11) is 0. The maximum Gasteiger partial charge on any atom is 0.167 e. The van der Waals surface area contributed by atoms with Gasteiger partial charge in [-0.1, -0.05) is 30.3 Å². The number of Topliss-reactive ketones (excluding diaryl/α,β-unsaturated/α-hetero) is 1. The molecule has 2 nitrogen and oxygen atoms in total. The molecule has 0 aliphatic heterocycles. The summed E-state index contributed by atoms with van der Waals surface area (Å²) in [5, 5.41) is 0.387. The first-order valence-electron chi connectivity index (χ1n) is 4.93. The molecule has 0 aliphatic rings. The number of carbonyl (C=O) groups is 1. The highest BCUT2D eigenvalue weighted by Gasteiger charge is 2.07. The van der Waals surface area contributed by atoms with E-state index in [1.165, 1.54) is 0 Å². The lowest BCUT2D eigenvalue weighted by atomic mass is 10.1. The average molecular weight is 222 g/mol. The number of carbonyl (C=O) groups excluding carboxylic acids is 1. The van der Waals surface area contributed by atoms with Gasteiger partial charge >= 0.3 is 0 Å². The van der Waals surface area contributed by atoms with Gasteiger partial charge in [-0.25, -0.2) is 0 Å². The van der Waals surface area contributed by atoms with Crippen LogP contribution in [0, 0.1) is 0 Å². The molecular weight excluding hydrogens is 208 g/mol. The Kier molecular flexibility index (Phi) is 4.98. The Labute approximate surface area is 95.3 Å². The fourth-order valence-electron chi connectivity index (χ4n) is 1.26. The molecule has 1 aromatic carbocycles. The zero-order valence-electron chi connectivity index (χ0n) is 8.73. The van der Waals surface area contributed by atoms with Crippen LogP contribution in [0.5, 0.6) is 0 Å². The van der Waals surface area contributed by atoms with Crippen molar-refractivity contribution in [2.24, 2.45) is 0 Å². The normalized spacial score (nSPS) is 9.67. The molecule has 0 aromatic heterocycles. The third-order valence-corrected chi connectivity index (χ3v) is 2.15. The van der Waals surface area contributed by atoms with E-state index in [4.69, 9.17) is 17.0 Å². The second-order valence-electron chi connectivity index (χ2n) is 3.18. The van der Waals surface area contributed by atoms with Crippen molar-refractivity contribution in [3.8, 4) is 0 Å². The number of thiocarbonyl (C=S) groups is 1. The third-order valence-electron chi connectivity index (χ3n) is 1.89. The van der Waals surface area contributed by atoms with Crippen LogP contribution >= 0.6 is 12.2 Å². The predicted molar refractivity (Wildman–Crippen MR) is 64.0 cm³/mol. The molecule has 15 heavy (non-hydrogen) atoms. The van der Waals surface area contributed by atoms with E-state index in [0.29, 0.717) is 18.1 Å². The number of rotatable bonds is 5. The summed E-state index contributed by atoms with van der Waals surface area (Å²) in [6, 6.07) is 9.63. The zero-order valence-corrected chi connectivity index (χ0v) is 9.55. The van der Waals surface area contributed by atoms with Crippen LogP contribution < -0.4 is 0 Å². The fraction of sp³-hybridized carbons (Fsp3) is 0.333. The van der Waals surface area contributed by atoms with Crippen molar-refractivity contribution >= 4 is 23.1 Å². The van der Waals surface area contributed by atoms with Gasteiger partial charge in [0.15, 0.2) is 5.05 Å². The molecule has 0 N–H and O–H groups in total. The summed E-state index contributed by atoms with van der Waals surface area (Å²) < 4.78 is 5.06. The molecule has 0 unspecified atom stereocenters. The number of ether oxygens (including phenoxy) is 1. The summed E-state index contributed by atoms with van der Waals surface area (Å²) in [5.74, 6) is 0.0969. The predicted octanol–water partition coefficient (Wildman–Crippen LogP) is 2.55. The van der Waals surface area contributed by atoms with Gasteiger partial charge in [0, 0.05) is 6.42 Å². The molecule has 0 spiro atoms. The zero-order chi connectivity index (χ0) is 11.1. The molecule has 0 fully saturated rings. The maximum absolute atomic E-state index is 11.5. The Morgan fingerprint density at radius 3 is 2.60 bits per heavy atom. The van der Waals surface area contributed by atoms with E-state index in [0.717, 1.165) is 5.56 Å². The molecule has 0 heterocycles. The van der Waals surface area contributed by atoms with Gasteiger partial charge in [-0.3, -0.25) is 4.79 Å². The Morgan fingerprint density at radius 1 is 1.33 bits per heavy atom. The highest BCUT2D eigenvalue weighted by molar-refractivity contribution is 7.80. The van der Waals surface area contributed by atoms with Crippen molar-refractivity contribution in [1.82, 2.24) is 0 Å². The van der Waals surface area contributed by atoms with Gasteiger partial charge in [0.1, 0.15) is 5.78 Å². The lowest BCUT2D eigenvalue weighted by Crippen LogP contribution is -2.11. The molecule has 1 aromatic rings. The van der Waals surface area contributed by atoms with E-state index in [-0.39, 0.29) is 12.2 Å². The van der Waals surface area contributed by atoms with E-state index in [1.807, 2.05) is 37.3 Å². The molecule has 0 saturated carbocycles. The highest BCUT2D eigenvalue weighted by atomic mass is 32.1. The van der Waals surface area contributed by atoms with Crippen molar-refractivity contribution in [2.45, 2.75) is 19.8 Å². The highest BCUT2D eigenvalue weighted by Crippen LogP contribution is 2.03. The molecular formula is C12H14O2S. The first kappa shape index (κ1) is 11.9. The number of hydrogen-bond donors (Lipinski definition) is 0. The summed E-state index contributed by atoms with van der Waals surface area (Å²) >= 11 is 4.90.